The van der Waals surface area contributed by atoms with Crippen LogP contribution in [0.3, 0.4) is 0 Å². The maximum Gasteiger partial charge on any atom is 0.337 e. The predicted molar refractivity (Wildman–Crippen MR) is 178 cm³/mol. The van der Waals surface area contributed by atoms with Crippen LogP contribution in [0, 0.1) is 31.0 Å². The van der Waals surface area contributed by atoms with E-state index in [1.54, 1.807) is 18.2 Å². The minimum absolute atomic E-state index is 0.371. The lowest BCUT2D eigenvalue weighted by atomic mass is 9.92. The Hall–Kier alpha value is -5.32. The lowest BCUT2D eigenvalue weighted by Crippen LogP contribution is -2.01. The van der Waals surface area contributed by atoms with Crippen molar-refractivity contribution < 1.29 is 18.7 Å². The van der Waals surface area contributed by atoms with Gasteiger partial charge in [0.05, 0.1) is 31.0 Å². The number of rotatable bonds is 7. The number of hydrogen-bond acceptors (Lipinski definition) is 5. The highest BCUT2D eigenvalue weighted by Crippen LogP contribution is 2.47. The number of benzene rings is 5. The molecule has 0 aliphatic heterocycles. The van der Waals surface area contributed by atoms with Gasteiger partial charge < -0.3 is 9.47 Å². The summed E-state index contributed by atoms with van der Waals surface area (Å²) >= 11 is 1.53. The molecular weight excluding hydrogens is 583 g/mol. The Balaban J connectivity index is 1.66. The zero-order valence-electron chi connectivity index (χ0n) is 25.2. The number of esters is 1. The second-order valence-electron chi connectivity index (χ2n) is 10.7. The second-order valence-corrected chi connectivity index (χ2v) is 11.7. The van der Waals surface area contributed by atoms with E-state index in [9.17, 15) is 14.4 Å². The monoisotopic (exact) mass is 612 g/mol. The van der Waals surface area contributed by atoms with E-state index in [1.807, 2.05) is 56.3 Å². The molecule has 5 aromatic carbocycles. The van der Waals surface area contributed by atoms with Gasteiger partial charge in [-0.1, -0.05) is 54.1 Å². The third-order valence-corrected chi connectivity index (χ3v) is 8.87. The molecule has 0 saturated heterocycles. The molecule has 0 amide bonds. The normalized spacial score (nSPS) is 10.9. The summed E-state index contributed by atoms with van der Waals surface area (Å²) in [5, 5.41) is 11.0. The Morgan fingerprint density at radius 3 is 2.31 bits per heavy atom. The lowest BCUT2D eigenvalue weighted by molar-refractivity contribution is 0.0600. The number of carbonyl (C=O) groups excluding carboxylic acids is 1. The first-order chi connectivity index (χ1) is 21.8. The largest absolute Gasteiger partial charge is 0.495 e. The lowest BCUT2D eigenvalue weighted by Gasteiger charge is -2.15. The third kappa shape index (κ3) is 5.57. The minimum Gasteiger partial charge on any atom is -0.495 e. The smallest absolute Gasteiger partial charge is 0.337 e. The first-order valence-corrected chi connectivity index (χ1v) is 15.1. The molecule has 0 fully saturated rings. The fourth-order valence-electron chi connectivity index (χ4n) is 5.66. The van der Waals surface area contributed by atoms with Crippen LogP contribution in [-0.2, 0) is 4.74 Å². The molecule has 5 nitrogen and oxygen atoms in total. The Morgan fingerprint density at radius 2 is 1.60 bits per heavy atom. The number of nitrogens with zero attached hydrogens (tertiary/aromatic N) is 2. The van der Waals surface area contributed by atoms with Crippen LogP contribution in [0.4, 0.5) is 4.39 Å². The average Bonchev–Trinajstić information content (AvgIpc) is 3.37. The molecule has 6 rings (SSSR count). The third-order valence-electron chi connectivity index (χ3n) is 7.83. The Labute approximate surface area is 265 Å². The molecule has 45 heavy (non-hydrogen) atoms. The van der Waals surface area contributed by atoms with Crippen LogP contribution in [0.5, 0.6) is 5.75 Å². The van der Waals surface area contributed by atoms with E-state index in [1.165, 1.54) is 38.3 Å². The minimum atomic E-state index is -0.389. The van der Waals surface area contributed by atoms with Crippen LogP contribution in [0.15, 0.2) is 108 Å². The van der Waals surface area contributed by atoms with Gasteiger partial charge in [-0.25, -0.2) is 9.18 Å². The van der Waals surface area contributed by atoms with Gasteiger partial charge in [-0.15, -0.1) is 0 Å². The van der Waals surface area contributed by atoms with Gasteiger partial charge >= 0.3 is 5.97 Å². The molecule has 6 aromatic rings. The molecule has 0 aliphatic carbocycles. The molecule has 222 valence electrons. The number of hydrogen-bond donors (Lipinski definition) is 0. The molecule has 0 bridgehead atoms. The fourth-order valence-corrected chi connectivity index (χ4v) is 6.67. The predicted octanol–water partition coefficient (Wildman–Crippen LogP) is 9.62. The number of aromatic nitrogens is 1. The summed E-state index contributed by atoms with van der Waals surface area (Å²) in [6, 6.07) is 34.4. The van der Waals surface area contributed by atoms with Crippen molar-refractivity contribution in [1.82, 2.24) is 3.97 Å². The summed E-state index contributed by atoms with van der Waals surface area (Å²) in [5.74, 6) is -0.316. The molecule has 0 atom stereocenters. The van der Waals surface area contributed by atoms with Gasteiger partial charge in [0.25, 0.3) is 0 Å². The first-order valence-electron chi connectivity index (χ1n) is 14.3. The summed E-state index contributed by atoms with van der Waals surface area (Å²) in [5.41, 5.74) is 8.71. The summed E-state index contributed by atoms with van der Waals surface area (Å²) in [6.45, 7) is 4.01. The maximum absolute atomic E-state index is 15.0. The van der Waals surface area contributed by atoms with E-state index in [4.69, 9.17) is 9.47 Å². The van der Waals surface area contributed by atoms with Gasteiger partial charge in [-0.2, -0.15) is 5.26 Å². The molecule has 1 heterocycles. The van der Waals surface area contributed by atoms with Crippen LogP contribution in [0.1, 0.15) is 27.0 Å². The van der Waals surface area contributed by atoms with Gasteiger partial charge in [0.15, 0.2) is 0 Å². The summed E-state index contributed by atoms with van der Waals surface area (Å²) in [7, 11) is 2.90. The van der Waals surface area contributed by atoms with Crippen molar-refractivity contribution in [3.05, 3.63) is 131 Å². The van der Waals surface area contributed by atoms with Gasteiger partial charge in [0.2, 0.25) is 0 Å². The molecule has 0 unspecified atom stereocenters. The van der Waals surface area contributed by atoms with Crippen molar-refractivity contribution in [2.45, 2.75) is 18.7 Å². The van der Waals surface area contributed by atoms with Crippen molar-refractivity contribution in [3.63, 3.8) is 0 Å². The number of methoxy groups -OCH3 is 2. The molecule has 0 N–H and O–H groups in total. The number of fused-ring (bicyclic) bond motifs is 1. The van der Waals surface area contributed by atoms with Gasteiger partial charge in [0, 0.05) is 27.0 Å². The summed E-state index contributed by atoms with van der Waals surface area (Å²) < 4.78 is 27.6. The van der Waals surface area contributed by atoms with Crippen LogP contribution in [-0.4, -0.2) is 24.2 Å². The standard InChI is InChI=1S/C38H29FN2O3S/c1-23-11-15-29(16-12-23)45-41-34-18-14-28(39)21-32(34)36(31-9-6-10-35(43-3)33(31)22-40)37(41)26-8-5-7-25(20-26)30-17-13-27(19-24(30)2)38(42)44-4/h5-21H,1-4H3. The summed E-state index contributed by atoms with van der Waals surface area (Å²) in [4.78, 5) is 13.2. The topological polar surface area (TPSA) is 64.2 Å². The van der Waals surface area contributed by atoms with Crippen LogP contribution < -0.4 is 4.74 Å². The molecule has 7 heteroatoms. The van der Waals surface area contributed by atoms with E-state index in [2.05, 4.69) is 40.4 Å². The highest BCUT2D eigenvalue weighted by atomic mass is 32.2. The number of nitriles is 1. The van der Waals surface area contributed by atoms with Crippen molar-refractivity contribution in [2.24, 2.45) is 0 Å². The number of halogens is 1. The van der Waals surface area contributed by atoms with Crippen molar-refractivity contribution in [2.75, 3.05) is 14.2 Å². The van der Waals surface area contributed by atoms with E-state index in [0.29, 0.717) is 27.8 Å². The van der Waals surface area contributed by atoms with Crippen molar-refractivity contribution in [1.29, 1.82) is 5.26 Å². The van der Waals surface area contributed by atoms with Gasteiger partial charge in [-0.05, 0) is 97.1 Å². The van der Waals surface area contributed by atoms with Gasteiger partial charge in [-0.3, -0.25) is 3.97 Å². The quantitative estimate of drug-likeness (QED) is 0.168. The Kier molecular flexibility index (Phi) is 8.16. The number of ether oxygens (including phenoxy) is 2. The molecule has 0 spiro atoms. The molecule has 0 radical (unpaired) electrons. The van der Waals surface area contributed by atoms with Crippen LogP contribution >= 0.6 is 11.9 Å². The average molecular weight is 613 g/mol. The summed E-state index contributed by atoms with van der Waals surface area (Å²) in [6.07, 6.45) is 0. The number of carbonyl (C=O) groups is 1. The van der Waals surface area contributed by atoms with Crippen molar-refractivity contribution >= 4 is 28.8 Å². The van der Waals surface area contributed by atoms with Gasteiger partial charge in [0.1, 0.15) is 23.2 Å². The van der Waals surface area contributed by atoms with E-state index < -0.39 is 0 Å². The maximum atomic E-state index is 15.0. The van der Waals surface area contributed by atoms with Crippen LogP contribution in [0.2, 0.25) is 0 Å². The SMILES string of the molecule is COC(=O)c1ccc(-c2cccc(-c3c(-c4cccc(OC)c4C#N)c4cc(F)ccc4n3Sc3ccc(C)cc3)c2)c(C)c1. The van der Waals surface area contributed by atoms with E-state index in [0.717, 1.165) is 49.5 Å². The van der Waals surface area contributed by atoms with Crippen LogP contribution in [0.25, 0.3) is 44.4 Å². The molecular formula is C38H29FN2O3S. The zero-order valence-corrected chi connectivity index (χ0v) is 26.0. The van der Waals surface area contributed by atoms with E-state index in [-0.39, 0.29) is 11.8 Å². The Bertz CT molecular complexity index is 2130. The number of aryl methyl sites for hydroxylation is 2. The van der Waals surface area contributed by atoms with Crippen molar-refractivity contribution in [3.8, 4) is 45.3 Å². The highest BCUT2D eigenvalue weighted by molar-refractivity contribution is 7.98. The van der Waals surface area contributed by atoms with E-state index >= 15 is 0 Å². The molecule has 1 aromatic heterocycles. The zero-order chi connectivity index (χ0) is 31.7. The molecule has 0 aliphatic rings. The highest BCUT2D eigenvalue weighted by Gasteiger charge is 2.25. The Morgan fingerprint density at radius 1 is 0.844 bits per heavy atom. The first kappa shape index (κ1) is 29.7. The second kappa shape index (κ2) is 12.4. The fraction of sp³-hybridized carbons (Fsp3) is 0.105. The molecule has 0 saturated carbocycles.